The van der Waals surface area contributed by atoms with E-state index in [9.17, 15) is 4.79 Å². The zero-order valence-corrected chi connectivity index (χ0v) is 25.6. The third kappa shape index (κ3) is 11.0. The first kappa shape index (κ1) is 32.2. The molecule has 0 spiro atoms. The average molecular weight is 545 g/mol. The van der Waals surface area contributed by atoms with E-state index in [1.165, 1.54) is 0 Å². The Labute approximate surface area is 231 Å². The highest BCUT2D eigenvalue weighted by Crippen LogP contribution is 2.38. The topological polar surface area (TPSA) is 63.2 Å². The Hall–Kier alpha value is -2.03. The van der Waals surface area contributed by atoms with Gasteiger partial charge in [-0.3, -0.25) is 0 Å². The molecule has 212 valence electrons. The minimum atomic E-state index is -2.07. The van der Waals surface area contributed by atoms with Gasteiger partial charge in [-0.25, -0.2) is 0 Å². The van der Waals surface area contributed by atoms with Crippen molar-refractivity contribution < 1.29 is 28.2 Å². The van der Waals surface area contributed by atoms with Gasteiger partial charge in [0.25, 0.3) is 0 Å². The predicted octanol–water partition coefficient (Wildman–Crippen LogP) is 7.17. The van der Waals surface area contributed by atoms with E-state index in [1.807, 2.05) is 68.4 Å². The molecule has 0 heterocycles. The Bertz CT molecular complexity index is 926. The maximum absolute atomic E-state index is 11.5. The Morgan fingerprint density at radius 3 is 2.08 bits per heavy atom. The van der Waals surface area contributed by atoms with Crippen LogP contribution in [0.5, 0.6) is 5.75 Å². The maximum atomic E-state index is 11.5. The normalized spacial score (nSPS) is 15.5. The highest BCUT2D eigenvalue weighted by Gasteiger charge is 2.40. The van der Waals surface area contributed by atoms with E-state index in [2.05, 4.69) is 33.9 Å². The van der Waals surface area contributed by atoms with Crippen LogP contribution in [0.3, 0.4) is 0 Å². The highest BCUT2D eigenvalue weighted by molar-refractivity contribution is 6.74. The summed E-state index contributed by atoms with van der Waals surface area (Å²) < 4.78 is 30.4. The van der Waals surface area contributed by atoms with Crippen molar-refractivity contribution in [2.24, 2.45) is 5.92 Å². The molecule has 0 aliphatic carbocycles. The molecule has 7 heteroatoms. The van der Waals surface area contributed by atoms with Gasteiger partial charge in [-0.1, -0.05) is 70.2 Å². The van der Waals surface area contributed by atoms with Crippen LogP contribution in [0.4, 0.5) is 0 Å². The maximum Gasteiger partial charge on any atom is 0.192 e. The molecule has 1 unspecified atom stereocenters. The summed E-state index contributed by atoms with van der Waals surface area (Å²) in [6.45, 7) is 16.2. The lowest BCUT2D eigenvalue weighted by Gasteiger charge is -2.41. The Morgan fingerprint density at radius 1 is 0.868 bits per heavy atom. The summed E-state index contributed by atoms with van der Waals surface area (Å²) in [5.74, 6) is 0.709. The van der Waals surface area contributed by atoms with E-state index in [1.54, 1.807) is 7.11 Å². The zero-order chi connectivity index (χ0) is 28.2. The van der Waals surface area contributed by atoms with Crippen LogP contribution >= 0.6 is 0 Å². The largest absolute Gasteiger partial charge is 0.497 e. The van der Waals surface area contributed by atoms with Crippen molar-refractivity contribution in [3.63, 3.8) is 0 Å². The Kier molecular flexibility index (Phi) is 13.2. The molecule has 2 aromatic rings. The molecule has 0 amide bonds. The molecular formula is C31H48O6Si. The molecule has 0 N–H and O–H groups in total. The van der Waals surface area contributed by atoms with Gasteiger partial charge in [0, 0.05) is 18.4 Å². The lowest BCUT2D eigenvalue weighted by Crippen LogP contribution is -2.46. The monoisotopic (exact) mass is 544 g/mol. The second-order valence-corrected chi connectivity index (χ2v) is 16.4. The molecule has 0 fully saturated rings. The number of ether oxygens (including phenoxy) is 4. The number of hydrogen-bond donors (Lipinski definition) is 0. The van der Waals surface area contributed by atoms with Crippen molar-refractivity contribution in [3.05, 3.63) is 65.7 Å². The molecular weight excluding hydrogens is 496 g/mol. The fourth-order valence-electron chi connectivity index (χ4n) is 3.83. The third-order valence-corrected chi connectivity index (χ3v) is 11.8. The number of hydrogen-bond acceptors (Lipinski definition) is 6. The zero-order valence-electron chi connectivity index (χ0n) is 24.6. The quantitative estimate of drug-likeness (QED) is 0.0911. The summed E-state index contributed by atoms with van der Waals surface area (Å²) in [4.78, 5) is 11.5. The van der Waals surface area contributed by atoms with Gasteiger partial charge < -0.3 is 28.2 Å². The summed E-state index contributed by atoms with van der Waals surface area (Å²) in [5, 5.41) is 0.0580. The molecule has 0 aromatic heterocycles. The molecule has 38 heavy (non-hydrogen) atoms. The van der Waals surface area contributed by atoms with Crippen LogP contribution in [0.25, 0.3) is 0 Å². The molecule has 0 aliphatic rings. The first-order chi connectivity index (χ1) is 17.9. The molecule has 4 atom stereocenters. The minimum Gasteiger partial charge on any atom is -0.497 e. The second-order valence-electron chi connectivity index (χ2n) is 11.6. The van der Waals surface area contributed by atoms with Gasteiger partial charge in [-0.05, 0) is 54.7 Å². The highest BCUT2D eigenvalue weighted by atomic mass is 28.4. The molecule has 2 rings (SSSR count). The fraction of sp³-hybridized carbons (Fsp3) is 0.581. The number of methoxy groups -OCH3 is 1. The van der Waals surface area contributed by atoms with Crippen LogP contribution in [0.15, 0.2) is 54.6 Å². The van der Waals surface area contributed by atoms with Gasteiger partial charge in [0.15, 0.2) is 8.32 Å². The van der Waals surface area contributed by atoms with Gasteiger partial charge in [-0.15, -0.1) is 0 Å². The Morgan fingerprint density at radius 2 is 1.50 bits per heavy atom. The molecule has 6 nitrogen and oxygen atoms in total. The van der Waals surface area contributed by atoms with Gasteiger partial charge in [0.2, 0.25) is 0 Å². The smallest absolute Gasteiger partial charge is 0.192 e. The van der Waals surface area contributed by atoms with Crippen molar-refractivity contribution >= 4 is 14.6 Å². The number of rotatable bonds is 17. The average Bonchev–Trinajstić information content (AvgIpc) is 2.88. The number of aldehydes is 1. The molecule has 2 aromatic carbocycles. The number of carbonyl (C=O) groups excluding carboxylic acids is 1. The van der Waals surface area contributed by atoms with E-state index in [-0.39, 0.29) is 36.1 Å². The van der Waals surface area contributed by atoms with Crippen LogP contribution in [-0.2, 0) is 36.6 Å². The van der Waals surface area contributed by atoms with Crippen LogP contribution < -0.4 is 4.74 Å². The predicted molar refractivity (Wildman–Crippen MR) is 155 cm³/mol. The van der Waals surface area contributed by atoms with Gasteiger partial charge in [0.05, 0.1) is 32.5 Å². The van der Waals surface area contributed by atoms with Gasteiger partial charge in [-0.2, -0.15) is 0 Å². The first-order valence-electron chi connectivity index (χ1n) is 13.6. The van der Waals surface area contributed by atoms with Crippen molar-refractivity contribution in [2.45, 2.75) is 97.1 Å². The van der Waals surface area contributed by atoms with Gasteiger partial charge in [0.1, 0.15) is 18.8 Å². The SMILES string of the molecule is COc1ccc(CO[C@H](C[C@H](CC(C)C=O)O[Si](C)(C)C(C)(C)C)[C@@H](C)OCOCc2ccccc2)cc1. The van der Waals surface area contributed by atoms with E-state index < -0.39 is 8.32 Å². The lowest BCUT2D eigenvalue weighted by atomic mass is 9.99. The van der Waals surface area contributed by atoms with Crippen molar-refractivity contribution in [1.82, 2.24) is 0 Å². The lowest BCUT2D eigenvalue weighted by molar-refractivity contribution is -0.145. The standard InChI is InChI=1S/C31H48O6Si/c1-24(20-32)18-29(37-38(7,8)31(3,4)5)19-30(35-22-27-14-16-28(33-6)17-15-27)25(2)36-23-34-21-26-12-10-9-11-13-26/h9-17,20,24-25,29-30H,18-19,21-23H2,1-8H3/t24?,25-,29+,30-/m1/s1. The number of carbonyl (C=O) groups is 1. The molecule has 0 radical (unpaired) electrons. The summed E-state index contributed by atoms with van der Waals surface area (Å²) in [7, 11) is -0.410. The third-order valence-electron chi connectivity index (χ3n) is 7.30. The fourth-order valence-corrected chi connectivity index (χ4v) is 5.21. The van der Waals surface area contributed by atoms with E-state index in [4.69, 9.17) is 23.4 Å². The summed E-state index contributed by atoms with van der Waals surface area (Å²) in [6.07, 6.45) is 1.68. The summed E-state index contributed by atoms with van der Waals surface area (Å²) in [5.41, 5.74) is 2.15. The summed E-state index contributed by atoms with van der Waals surface area (Å²) >= 11 is 0. The van der Waals surface area contributed by atoms with Crippen LogP contribution in [-0.4, -0.2) is 46.8 Å². The number of benzene rings is 2. The van der Waals surface area contributed by atoms with Crippen molar-refractivity contribution in [3.8, 4) is 5.75 Å². The first-order valence-corrected chi connectivity index (χ1v) is 16.5. The van der Waals surface area contributed by atoms with E-state index >= 15 is 0 Å². The van der Waals surface area contributed by atoms with E-state index in [0.717, 1.165) is 23.2 Å². The molecule has 0 bridgehead atoms. The van der Waals surface area contributed by atoms with Gasteiger partial charge >= 0.3 is 0 Å². The Balaban J connectivity index is 2.12. The minimum absolute atomic E-state index is 0.0580. The van der Waals surface area contributed by atoms with Crippen LogP contribution in [0, 0.1) is 5.92 Å². The van der Waals surface area contributed by atoms with E-state index in [0.29, 0.717) is 26.1 Å². The molecule has 0 saturated heterocycles. The van der Waals surface area contributed by atoms with Crippen molar-refractivity contribution in [2.75, 3.05) is 13.9 Å². The van der Waals surface area contributed by atoms with Crippen LogP contribution in [0.2, 0.25) is 18.1 Å². The molecule has 0 aliphatic heterocycles. The summed E-state index contributed by atoms with van der Waals surface area (Å²) in [6, 6.07) is 17.9. The van der Waals surface area contributed by atoms with Crippen LogP contribution in [0.1, 0.15) is 58.6 Å². The molecule has 0 saturated carbocycles. The van der Waals surface area contributed by atoms with Crippen molar-refractivity contribution in [1.29, 1.82) is 0 Å². The second kappa shape index (κ2) is 15.5.